The molecule has 0 N–H and O–H groups in total. The predicted octanol–water partition coefficient (Wildman–Crippen LogP) is 7.69. The molecule has 200 valence electrons. The molecule has 0 bridgehead atoms. The minimum Gasteiger partial charge on any atom is -0.465 e. The molecular formula is C35H38N2O2. The Labute approximate surface area is 232 Å². The summed E-state index contributed by atoms with van der Waals surface area (Å²) in [6, 6.07) is 19.1. The molecule has 2 aliphatic carbocycles. The van der Waals surface area contributed by atoms with E-state index in [2.05, 4.69) is 79.8 Å². The SMILES string of the molecule is COC(=O)c1ccc(-c2cn(CCc3ccccn3)c3c2CCc2cc4c(cc2-3)C(C)(C)CCC4(C)C)cc1. The molecule has 0 aliphatic heterocycles. The Bertz CT molecular complexity index is 1540. The number of aryl methyl sites for hydroxylation is 3. The van der Waals surface area contributed by atoms with Crippen LogP contribution in [0, 0.1) is 0 Å². The van der Waals surface area contributed by atoms with E-state index in [4.69, 9.17) is 4.74 Å². The monoisotopic (exact) mass is 518 g/mol. The van der Waals surface area contributed by atoms with Gasteiger partial charge in [0.15, 0.2) is 0 Å². The average Bonchev–Trinajstić information content (AvgIpc) is 3.33. The van der Waals surface area contributed by atoms with Gasteiger partial charge in [0.05, 0.1) is 18.4 Å². The van der Waals surface area contributed by atoms with Crippen molar-refractivity contribution in [2.24, 2.45) is 0 Å². The Balaban J connectivity index is 1.50. The Morgan fingerprint density at radius 3 is 2.31 bits per heavy atom. The molecule has 2 aliphatic rings. The van der Waals surface area contributed by atoms with Gasteiger partial charge >= 0.3 is 5.97 Å². The van der Waals surface area contributed by atoms with E-state index in [1.165, 1.54) is 59.0 Å². The normalized spacial score (nSPS) is 16.6. The van der Waals surface area contributed by atoms with Gasteiger partial charge in [-0.25, -0.2) is 4.79 Å². The number of carbonyl (C=O) groups excluding carboxylic acids is 1. The first-order valence-electron chi connectivity index (χ1n) is 14.2. The molecule has 4 heteroatoms. The van der Waals surface area contributed by atoms with Gasteiger partial charge in [-0.3, -0.25) is 4.98 Å². The zero-order valence-corrected chi connectivity index (χ0v) is 23.8. The van der Waals surface area contributed by atoms with Gasteiger partial charge in [0.2, 0.25) is 0 Å². The zero-order chi connectivity index (χ0) is 27.4. The summed E-state index contributed by atoms with van der Waals surface area (Å²) in [4.78, 5) is 16.6. The number of fused-ring (bicyclic) bond motifs is 4. The largest absolute Gasteiger partial charge is 0.465 e. The lowest BCUT2D eigenvalue weighted by molar-refractivity contribution is 0.0600. The summed E-state index contributed by atoms with van der Waals surface area (Å²) in [6.07, 6.45) is 9.56. The highest BCUT2D eigenvalue weighted by atomic mass is 16.5. The van der Waals surface area contributed by atoms with Crippen molar-refractivity contribution in [3.05, 3.63) is 101 Å². The second-order valence-corrected chi connectivity index (χ2v) is 12.5. The van der Waals surface area contributed by atoms with E-state index in [1.807, 2.05) is 24.4 Å². The van der Waals surface area contributed by atoms with Crippen LogP contribution >= 0.6 is 0 Å². The van der Waals surface area contributed by atoms with Crippen molar-refractivity contribution in [2.45, 2.75) is 77.2 Å². The predicted molar refractivity (Wildman–Crippen MR) is 157 cm³/mol. The van der Waals surface area contributed by atoms with Crippen LogP contribution in [0.25, 0.3) is 22.4 Å². The quantitative estimate of drug-likeness (QED) is 0.254. The van der Waals surface area contributed by atoms with Crippen molar-refractivity contribution in [2.75, 3.05) is 7.11 Å². The van der Waals surface area contributed by atoms with E-state index < -0.39 is 0 Å². The maximum Gasteiger partial charge on any atom is 0.337 e. The van der Waals surface area contributed by atoms with E-state index in [1.54, 1.807) is 0 Å². The van der Waals surface area contributed by atoms with Crippen molar-refractivity contribution in [3.8, 4) is 22.4 Å². The van der Waals surface area contributed by atoms with Crippen molar-refractivity contribution in [1.29, 1.82) is 0 Å². The average molecular weight is 519 g/mol. The lowest BCUT2D eigenvalue weighted by Crippen LogP contribution is -2.34. The number of hydrogen-bond donors (Lipinski definition) is 0. The number of aromatic nitrogens is 2. The third-order valence-electron chi connectivity index (χ3n) is 9.11. The van der Waals surface area contributed by atoms with E-state index in [9.17, 15) is 4.79 Å². The second kappa shape index (κ2) is 9.51. The van der Waals surface area contributed by atoms with Crippen LogP contribution in [0.2, 0.25) is 0 Å². The Morgan fingerprint density at radius 1 is 0.923 bits per heavy atom. The number of pyridine rings is 1. The highest BCUT2D eigenvalue weighted by Gasteiger charge is 2.38. The van der Waals surface area contributed by atoms with Crippen LogP contribution in [-0.4, -0.2) is 22.6 Å². The zero-order valence-electron chi connectivity index (χ0n) is 23.8. The minimum absolute atomic E-state index is 0.162. The first-order chi connectivity index (χ1) is 18.7. The molecule has 2 aromatic carbocycles. The Kier molecular flexibility index (Phi) is 6.25. The summed E-state index contributed by atoms with van der Waals surface area (Å²) in [6.45, 7) is 10.5. The fourth-order valence-corrected chi connectivity index (χ4v) is 6.63. The lowest BCUT2D eigenvalue weighted by atomic mass is 9.62. The number of nitrogens with zero attached hydrogens (tertiary/aromatic N) is 2. The standard InChI is InChI=1S/C35H38N2O2/c1-34(2)16-17-35(3,4)31-21-28-25(20-30(31)34)13-14-27-29(23-9-11-24(12-10-23)33(38)39-5)22-37(32(27)28)19-15-26-8-6-7-18-36-26/h6-12,18,20-22H,13-17,19H2,1-5H3. The molecule has 2 aromatic heterocycles. The summed E-state index contributed by atoms with van der Waals surface area (Å²) in [5.74, 6) is -0.305. The van der Waals surface area contributed by atoms with Crippen LogP contribution < -0.4 is 0 Å². The molecule has 0 unspecified atom stereocenters. The molecule has 4 aromatic rings. The van der Waals surface area contributed by atoms with Gasteiger partial charge in [-0.15, -0.1) is 0 Å². The van der Waals surface area contributed by atoms with E-state index in [0.717, 1.165) is 37.1 Å². The van der Waals surface area contributed by atoms with Gasteiger partial charge in [-0.05, 0) is 94.7 Å². The van der Waals surface area contributed by atoms with E-state index in [0.29, 0.717) is 5.56 Å². The summed E-state index contributed by atoms with van der Waals surface area (Å²) < 4.78 is 7.37. The number of carbonyl (C=O) groups is 1. The van der Waals surface area contributed by atoms with Crippen LogP contribution in [0.1, 0.15) is 78.8 Å². The van der Waals surface area contributed by atoms with Gasteiger partial charge < -0.3 is 9.30 Å². The molecule has 0 atom stereocenters. The number of esters is 1. The van der Waals surface area contributed by atoms with Crippen molar-refractivity contribution in [1.82, 2.24) is 9.55 Å². The van der Waals surface area contributed by atoms with Crippen LogP contribution in [-0.2, 0) is 41.4 Å². The van der Waals surface area contributed by atoms with Crippen molar-refractivity contribution in [3.63, 3.8) is 0 Å². The van der Waals surface area contributed by atoms with E-state index in [-0.39, 0.29) is 16.8 Å². The van der Waals surface area contributed by atoms with Gasteiger partial charge in [0.25, 0.3) is 0 Å². The summed E-state index contributed by atoms with van der Waals surface area (Å²) in [5, 5.41) is 0. The Morgan fingerprint density at radius 2 is 1.64 bits per heavy atom. The molecule has 0 spiro atoms. The smallest absolute Gasteiger partial charge is 0.337 e. The molecule has 0 amide bonds. The van der Waals surface area contributed by atoms with Gasteiger partial charge in [-0.2, -0.15) is 0 Å². The fraction of sp³-hybridized carbons (Fsp3) is 0.371. The number of rotatable bonds is 5. The van der Waals surface area contributed by atoms with Crippen LogP contribution in [0.5, 0.6) is 0 Å². The highest BCUT2D eigenvalue weighted by molar-refractivity contribution is 5.90. The van der Waals surface area contributed by atoms with Crippen LogP contribution in [0.3, 0.4) is 0 Å². The van der Waals surface area contributed by atoms with Gasteiger partial charge in [0, 0.05) is 42.2 Å². The number of benzene rings is 2. The molecule has 0 fully saturated rings. The fourth-order valence-electron chi connectivity index (χ4n) is 6.63. The van der Waals surface area contributed by atoms with Crippen molar-refractivity contribution < 1.29 is 9.53 Å². The molecular weight excluding hydrogens is 480 g/mol. The van der Waals surface area contributed by atoms with Crippen molar-refractivity contribution >= 4 is 5.97 Å². The van der Waals surface area contributed by atoms with E-state index >= 15 is 0 Å². The van der Waals surface area contributed by atoms with Crippen LogP contribution in [0.15, 0.2) is 67.0 Å². The molecule has 6 rings (SSSR count). The molecule has 2 heterocycles. The number of ether oxygens (including phenoxy) is 1. The maximum absolute atomic E-state index is 12.0. The van der Waals surface area contributed by atoms with Crippen LogP contribution in [0.4, 0.5) is 0 Å². The first-order valence-corrected chi connectivity index (χ1v) is 14.2. The third-order valence-corrected chi connectivity index (χ3v) is 9.11. The molecule has 0 radical (unpaired) electrons. The topological polar surface area (TPSA) is 44.1 Å². The minimum atomic E-state index is -0.305. The Hall–Kier alpha value is -3.66. The number of hydrogen-bond acceptors (Lipinski definition) is 3. The number of methoxy groups -OCH3 is 1. The first kappa shape index (κ1) is 25.6. The molecule has 39 heavy (non-hydrogen) atoms. The second-order valence-electron chi connectivity index (χ2n) is 12.5. The highest BCUT2D eigenvalue weighted by Crippen LogP contribution is 2.50. The van der Waals surface area contributed by atoms with Gasteiger partial charge in [-0.1, -0.05) is 52.0 Å². The lowest BCUT2D eigenvalue weighted by Gasteiger charge is -2.43. The molecule has 4 nitrogen and oxygen atoms in total. The summed E-state index contributed by atoms with van der Waals surface area (Å²) in [5.41, 5.74) is 13.1. The van der Waals surface area contributed by atoms with Gasteiger partial charge in [0.1, 0.15) is 0 Å². The molecule has 0 saturated carbocycles. The third kappa shape index (κ3) is 4.50. The molecule has 0 saturated heterocycles. The maximum atomic E-state index is 12.0. The summed E-state index contributed by atoms with van der Waals surface area (Å²) >= 11 is 0. The summed E-state index contributed by atoms with van der Waals surface area (Å²) in [7, 11) is 1.42.